The van der Waals surface area contributed by atoms with Gasteiger partial charge in [0.15, 0.2) is 11.5 Å². The second kappa shape index (κ2) is 8.41. The molecule has 0 saturated carbocycles. The van der Waals surface area contributed by atoms with E-state index >= 15 is 0 Å². The first-order valence-corrected chi connectivity index (χ1v) is 8.34. The maximum absolute atomic E-state index is 10.4. The van der Waals surface area contributed by atoms with Crippen LogP contribution in [0.5, 0.6) is 17.2 Å². The van der Waals surface area contributed by atoms with Crippen LogP contribution in [-0.4, -0.2) is 55.6 Å². The lowest BCUT2D eigenvalue weighted by Crippen LogP contribution is -2.48. The normalized spacial score (nSPS) is 23.3. The first-order chi connectivity index (χ1) is 11.1. The van der Waals surface area contributed by atoms with E-state index in [-0.39, 0.29) is 6.61 Å². The summed E-state index contributed by atoms with van der Waals surface area (Å²) in [7, 11) is 3.18. The molecule has 1 N–H and O–H groups in total. The van der Waals surface area contributed by atoms with Gasteiger partial charge in [-0.25, -0.2) is 0 Å². The Morgan fingerprint density at radius 3 is 2.22 bits per heavy atom. The fraction of sp³-hybridized carbons (Fsp3) is 0.667. The zero-order chi connectivity index (χ0) is 16.8. The Morgan fingerprint density at radius 1 is 1.13 bits per heavy atom. The number of aliphatic hydroxyl groups is 1. The van der Waals surface area contributed by atoms with Crippen molar-refractivity contribution in [3.63, 3.8) is 0 Å². The van der Waals surface area contributed by atoms with Crippen molar-refractivity contribution in [1.82, 2.24) is 4.90 Å². The van der Waals surface area contributed by atoms with Gasteiger partial charge in [0.1, 0.15) is 12.7 Å². The number of para-hydroxylation sites is 1. The Labute approximate surface area is 139 Å². The van der Waals surface area contributed by atoms with Crippen molar-refractivity contribution in [2.45, 2.75) is 51.3 Å². The highest BCUT2D eigenvalue weighted by molar-refractivity contribution is 5.51. The van der Waals surface area contributed by atoms with Gasteiger partial charge >= 0.3 is 0 Å². The molecule has 23 heavy (non-hydrogen) atoms. The van der Waals surface area contributed by atoms with Gasteiger partial charge in [-0.15, -0.1) is 0 Å². The Bertz CT molecular complexity index is 462. The van der Waals surface area contributed by atoms with Crippen molar-refractivity contribution in [3.05, 3.63) is 18.2 Å². The highest BCUT2D eigenvalue weighted by Gasteiger charge is 2.26. The molecular formula is C18H29NO4. The molecule has 0 spiro atoms. The number of methoxy groups -OCH3 is 2. The van der Waals surface area contributed by atoms with Gasteiger partial charge in [0, 0.05) is 18.6 Å². The molecule has 0 aromatic heterocycles. The molecule has 5 heteroatoms. The van der Waals surface area contributed by atoms with Crippen LogP contribution in [0.4, 0.5) is 0 Å². The number of ether oxygens (including phenoxy) is 3. The fourth-order valence-electron chi connectivity index (χ4n) is 3.27. The van der Waals surface area contributed by atoms with Crippen molar-refractivity contribution in [2.75, 3.05) is 27.4 Å². The van der Waals surface area contributed by atoms with Crippen LogP contribution < -0.4 is 14.2 Å². The Balaban J connectivity index is 1.95. The number of likely N-dealkylation sites (tertiary alicyclic amines) is 1. The van der Waals surface area contributed by atoms with E-state index in [1.54, 1.807) is 14.2 Å². The first-order valence-electron chi connectivity index (χ1n) is 8.34. The van der Waals surface area contributed by atoms with Crippen LogP contribution in [0.25, 0.3) is 0 Å². The van der Waals surface area contributed by atoms with Gasteiger partial charge in [-0.05, 0) is 38.8 Å². The number of nitrogens with zero attached hydrogens (tertiary/aromatic N) is 1. The number of β-amino-alcohol motifs (C(OH)–C–C–N with tert-alkyl or cyclic N) is 1. The predicted molar refractivity (Wildman–Crippen MR) is 90.5 cm³/mol. The molecule has 0 amide bonds. The molecule has 1 fully saturated rings. The molecule has 0 radical (unpaired) electrons. The second-order valence-electron chi connectivity index (χ2n) is 6.28. The third kappa shape index (κ3) is 4.52. The Hall–Kier alpha value is -1.46. The van der Waals surface area contributed by atoms with Crippen molar-refractivity contribution in [3.8, 4) is 17.2 Å². The van der Waals surface area contributed by atoms with Crippen molar-refractivity contribution < 1.29 is 19.3 Å². The fourth-order valence-corrected chi connectivity index (χ4v) is 3.27. The van der Waals surface area contributed by atoms with Crippen LogP contribution in [0.3, 0.4) is 0 Å². The smallest absolute Gasteiger partial charge is 0.203 e. The lowest BCUT2D eigenvalue weighted by atomic mass is 9.97. The zero-order valence-corrected chi connectivity index (χ0v) is 14.6. The molecule has 3 atom stereocenters. The Kier molecular flexibility index (Phi) is 6.54. The molecule has 1 aliphatic heterocycles. The van der Waals surface area contributed by atoms with Gasteiger partial charge in [-0.3, -0.25) is 4.90 Å². The topological polar surface area (TPSA) is 51.2 Å². The molecule has 0 unspecified atom stereocenters. The zero-order valence-electron chi connectivity index (χ0n) is 14.6. The lowest BCUT2D eigenvalue weighted by Gasteiger charge is -2.40. The number of rotatable bonds is 7. The van der Waals surface area contributed by atoms with E-state index in [9.17, 15) is 5.11 Å². The maximum Gasteiger partial charge on any atom is 0.203 e. The molecule has 1 aromatic rings. The van der Waals surface area contributed by atoms with Crippen molar-refractivity contribution in [2.24, 2.45) is 0 Å². The summed E-state index contributed by atoms with van der Waals surface area (Å²) in [6, 6.07) is 6.50. The van der Waals surface area contributed by atoms with Gasteiger partial charge in [-0.2, -0.15) is 0 Å². The van der Waals surface area contributed by atoms with Gasteiger partial charge in [-0.1, -0.05) is 12.5 Å². The summed E-state index contributed by atoms with van der Waals surface area (Å²) >= 11 is 0. The van der Waals surface area contributed by atoms with Crippen LogP contribution in [0.1, 0.15) is 33.1 Å². The van der Waals surface area contributed by atoms with E-state index in [4.69, 9.17) is 14.2 Å². The number of benzene rings is 1. The van der Waals surface area contributed by atoms with Crippen LogP contribution in [0, 0.1) is 0 Å². The lowest BCUT2D eigenvalue weighted by molar-refractivity contribution is 0.0200. The standard InChI is InChI=1S/C18H29NO4/c1-13-7-5-8-14(2)19(13)11-15(20)12-23-18-16(21-3)9-6-10-17(18)22-4/h6,9-10,13-15,20H,5,7-8,11-12H2,1-4H3/t13-,14+,15-/m0/s1. The molecule has 5 nitrogen and oxygen atoms in total. The summed E-state index contributed by atoms with van der Waals surface area (Å²) in [6.07, 6.45) is 3.10. The first kappa shape index (κ1) is 17.9. The monoisotopic (exact) mass is 323 g/mol. The minimum Gasteiger partial charge on any atom is -0.493 e. The SMILES string of the molecule is COc1cccc(OC)c1OC[C@@H](O)CN1[C@H](C)CCC[C@@H]1C. The van der Waals surface area contributed by atoms with E-state index in [0.29, 0.717) is 35.9 Å². The second-order valence-corrected chi connectivity index (χ2v) is 6.28. The van der Waals surface area contributed by atoms with Gasteiger partial charge in [0.2, 0.25) is 5.75 Å². The molecule has 130 valence electrons. The van der Waals surface area contributed by atoms with Crippen LogP contribution in [0.2, 0.25) is 0 Å². The quantitative estimate of drug-likeness (QED) is 0.836. The van der Waals surface area contributed by atoms with Crippen molar-refractivity contribution >= 4 is 0 Å². The summed E-state index contributed by atoms with van der Waals surface area (Å²) in [5, 5.41) is 10.4. The predicted octanol–water partition coefficient (Wildman–Crippen LogP) is 2.71. The van der Waals surface area contributed by atoms with Gasteiger partial charge in [0.25, 0.3) is 0 Å². The summed E-state index contributed by atoms with van der Waals surface area (Å²) in [6.45, 7) is 5.30. The summed E-state index contributed by atoms with van der Waals surface area (Å²) < 4.78 is 16.4. The molecule has 1 saturated heterocycles. The van der Waals surface area contributed by atoms with Gasteiger partial charge in [0.05, 0.1) is 14.2 Å². The summed E-state index contributed by atoms with van der Waals surface area (Å²) in [5.41, 5.74) is 0. The van der Waals surface area contributed by atoms with Crippen LogP contribution in [0.15, 0.2) is 18.2 Å². The van der Waals surface area contributed by atoms with E-state index in [1.807, 2.05) is 18.2 Å². The minimum absolute atomic E-state index is 0.215. The molecule has 2 rings (SSSR count). The summed E-state index contributed by atoms with van der Waals surface area (Å²) in [4.78, 5) is 2.37. The van der Waals surface area contributed by atoms with E-state index in [2.05, 4.69) is 18.7 Å². The molecule has 0 bridgehead atoms. The molecule has 1 heterocycles. The number of piperidine rings is 1. The largest absolute Gasteiger partial charge is 0.493 e. The number of hydrogen-bond donors (Lipinski definition) is 1. The average molecular weight is 323 g/mol. The maximum atomic E-state index is 10.4. The highest BCUT2D eigenvalue weighted by atomic mass is 16.5. The van der Waals surface area contributed by atoms with E-state index in [1.165, 1.54) is 19.3 Å². The molecule has 0 aliphatic carbocycles. The van der Waals surface area contributed by atoms with Crippen LogP contribution in [-0.2, 0) is 0 Å². The third-order valence-electron chi connectivity index (χ3n) is 4.60. The summed E-state index contributed by atoms with van der Waals surface area (Å²) in [5.74, 6) is 1.75. The van der Waals surface area contributed by atoms with Crippen molar-refractivity contribution in [1.29, 1.82) is 0 Å². The number of hydrogen-bond acceptors (Lipinski definition) is 5. The van der Waals surface area contributed by atoms with E-state index in [0.717, 1.165) is 0 Å². The van der Waals surface area contributed by atoms with Crippen LogP contribution >= 0.6 is 0 Å². The minimum atomic E-state index is -0.549. The molecular weight excluding hydrogens is 294 g/mol. The highest BCUT2D eigenvalue weighted by Crippen LogP contribution is 2.36. The average Bonchev–Trinajstić information content (AvgIpc) is 2.56. The number of aliphatic hydroxyl groups excluding tert-OH is 1. The molecule has 1 aromatic carbocycles. The third-order valence-corrected chi connectivity index (χ3v) is 4.60. The van der Waals surface area contributed by atoms with Gasteiger partial charge < -0.3 is 19.3 Å². The molecule has 1 aliphatic rings. The Morgan fingerprint density at radius 2 is 1.70 bits per heavy atom. The van der Waals surface area contributed by atoms with E-state index < -0.39 is 6.10 Å².